The first kappa shape index (κ1) is 16.2. The molecular formula is C16H20FN3O2. The summed E-state index contributed by atoms with van der Waals surface area (Å²) < 4.78 is 14.5. The Bertz CT molecular complexity index is 610. The van der Waals surface area contributed by atoms with Crippen LogP contribution in [0.3, 0.4) is 0 Å². The molecule has 0 saturated heterocycles. The van der Waals surface area contributed by atoms with Gasteiger partial charge in [0.1, 0.15) is 5.82 Å². The number of aliphatic hydroxyl groups is 1. The minimum atomic E-state index is -0.509. The first-order chi connectivity index (χ1) is 10.6. The molecule has 1 aromatic heterocycles. The van der Waals surface area contributed by atoms with Gasteiger partial charge in [-0.2, -0.15) is 5.10 Å². The molecule has 0 aliphatic rings. The number of hydrogen-bond acceptors (Lipinski definition) is 3. The van der Waals surface area contributed by atoms with E-state index in [1.807, 2.05) is 6.92 Å². The van der Waals surface area contributed by atoms with Crippen LogP contribution in [0.2, 0.25) is 0 Å². The molecule has 2 rings (SSSR count). The summed E-state index contributed by atoms with van der Waals surface area (Å²) in [6.45, 7) is 2.23. The number of aromatic nitrogens is 2. The highest BCUT2D eigenvalue weighted by atomic mass is 19.1. The maximum Gasteiger partial charge on any atom is 0.226 e. The van der Waals surface area contributed by atoms with Crippen LogP contribution in [0.25, 0.3) is 5.69 Å². The molecule has 1 aromatic carbocycles. The van der Waals surface area contributed by atoms with Gasteiger partial charge in [-0.25, -0.2) is 9.07 Å². The number of halogens is 1. The van der Waals surface area contributed by atoms with Crippen molar-refractivity contribution in [1.29, 1.82) is 0 Å². The SMILES string of the molecule is CCCC(O)CNC(=O)Cc1ccn(-c2ccc(F)cc2)n1. The summed E-state index contributed by atoms with van der Waals surface area (Å²) in [5.41, 5.74) is 1.35. The van der Waals surface area contributed by atoms with Gasteiger partial charge in [0.2, 0.25) is 5.91 Å². The summed E-state index contributed by atoms with van der Waals surface area (Å²) in [4.78, 5) is 11.8. The van der Waals surface area contributed by atoms with E-state index in [4.69, 9.17) is 0 Å². The van der Waals surface area contributed by atoms with E-state index in [0.717, 1.165) is 12.1 Å². The molecule has 0 aliphatic heterocycles. The second-order valence-electron chi connectivity index (χ2n) is 5.15. The third-order valence-corrected chi connectivity index (χ3v) is 3.23. The average molecular weight is 305 g/mol. The summed E-state index contributed by atoms with van der Waals surface area (Å²) in [5, 5.41) is 16.5. The highest BCUT2D eigenvalue weighted by Gasteiger charge is 2.09. The van der Waals surface area contributed by atoms with Crippen LogP contribution in [0.15, 0.2) is 36.5 Å². The van der Waals surface area contributed by atoms with Crippen LogP contribution in [0, 0.1) is 5.82 Å². The van der Waals surface area contributed by atoms with Gasteiger partial charge in [-0.3, -0.25) is 4.79 Å². The number of aliphatic hydroxyl groups excluding tert-OH is 1. The summed E-state index contributed by atoms with van der Waals surface area (Å²) >= 11 is 0. The largest absolute Gasteiger partial charge is 0.391 e. The monoisotopic (exact) mass is 305 g/mol. The number of carbonyl (C=O) groups excluding carboxylic acids is 1. The van der Waals surface area contributed by atoms with Crippen molar-refractivity contribution < 1.29 is 14.3 Å². The van der Waals surface area contributed by atoms with Crippen molar-refractivity contribution in [3.05, 3.63) is 48.0 Å². The summed E-state index contributed by atoms with van der Waals surface area (Å²) in [6.07, 6.45) is 2.90. The lowest BCUT2D eigenvalue weighted by molar-refractivity contribution is -0.121. The average Bonchev–Trinajstić information content (AvgIpc) is 2.95. The van der Waals surface area contributed by atoms with Crippen LogP contribution in [-0.2, 0) is 11.2 Å². The number of carbonyl (C=O) groups is 1. The van der Waals surface area contributed by atoms with E-state index >= 15 is 0 Å². The topological polar surface area (TPSA) is 67.2 Å². The lowest BCUT2D eigenvalue weighted by atomic mass is 10.2. The summed E-state index contributed by atoms with van der Waals surface area (Å²) in [5.74, 6) is -0.486. The molecule has 5 nitrogen and oxygen atoms in total. The molecule has 118 valence electrons. The molecule has 0 fully saturated rings. The highest BCUT2D eigenvalue weighted by Crippen LogP contribution is 2.09. The van der Waals surface area contributed by atoms with Crippen LogP contribution in [0.4, 0.5) is 4.39 Å². The van der Waals surface area contributed by atoms with Crippen molar-refractivity contribution >= 4 is 5.91 Å². The van der Waals surface area contributed by atoms with Crippen molar-refractivity contribution in [3.63, 3.8) is 0 Å². The maximum absolute atomic E-state index is 12.9. The normalized spacial score (nSPS) is 12.1. The highest BCUT2D eigenvalue weighted by molar-refractivity contribution is 5.78. The molecule has 6 heteroatoms. The number of hydrogen-bond donors (Lipinski definition) is 2. The quantitative estimate of drug-likeness (QED) is 0.820. The fourth-order valence-corrected chi connectivity index (χ4v) is 2.09. The zero-order valence-corrected chi connectivity index (χ0v) is 12.5. The van der Waals surface area contributed by atoms with Gasteiger partial charge in [0.15, 0.2) is 0 Å². The van der Waals surface area contributed by atoms with Gasteiger partial charge in [0, 0.05) is 12.7 Å². The Balaban J connectivity index is 1.89. The van der Waals surface area contributed by atoms with Gasteiger partial charge >= 0.3 is 0 Å². The number of rotatable bonds is 7. The van der Waals surface area contributed by atoms with Crippen LogP contribution >= 0.6 is 0 Å². The summed E-state index contributed by atoms with van der Waals surface area (Å²) in [7, 11) is 0. The second kappa shape index (κ2) is 7.70. The molecule has 0 spiro atoms. The van der Waals surface area contributed by atoms with Crippen molar-refractivity contribution in [2.75, 3.05) is 6.54 Å². The zero-order valence-electron chi connectivity index (χ0n) is 12.5. The first-order valence-electron chi connectivity index (χ1n) is 7.33. The van der Waals surface area contributed by atoms with Gasteiger partial charge < -0.3 is 10.4 Å². The van der Waals surface area contributed by atoms with Crippen LogP contribution in [0.5, 0.6) is 0 Å². The van der Waals surface area contributed by atoms with Gasteiger partial charge in [-0.15, -0.1) is 0 Å². The molecule has 0 aliphatic carbocycles. The Morgan fingerprint density at radius 3 is 2.77 bits per heavy atom. The maximum atomic E-state index is 12.9. The van der Waals surface area contributed by atoms with E-state index in [-0.39, 0.29) is 24.7 Å². The van der Waals surface area contributed by atoms with Gasteiger partial charge in [0.05, 0.1) is 23.9 Å². The Morgan fingerprint density at radius 2 is 2.09 bits per heavy atom. The van der Waals surface area contributed by atoms with Gasteiger partial charge in [0.25, 0.3) is 0 Å². The number of amides is 1. The van der Waals surface area contributed by atoms with Crippen molar-refractivity contribution in [3.8, 4) is 5.69 Å². The van der Waals surface area contributed by atoms with E-state index in [9.17, 15) is 14.3 Å². The Kier molecular flexibility index (Phi) is 5.66. The summed E-state index contributed by atoms with van der Waals surface area (Å²) in [6, 6.07) is 7.70. The zero-order chi connectivity index (χ0) is 15.9. The Labute approximate surface area is 128 Å². The molecular weight excluding hydrogens is 285 g/mol. The Hall–Kier alpha value is -2.21. The van der Waals surface area contributed by atoms with E-state index in [1.54, 1.807) is 29.1 Å². The van der Waals surface area contributed by atoms with Crippen molar-refractivity contribution in [1.82, 2.24) is 15.1 Å². The lowest BCUT2D eigenvalue weighted by Crippen LogP contribution is -2.33. The number of nitrogens with zero attached hydrogens (tertiary/aromatic N) is 2. The molecule has 1 atom stereocenters. The third-order valence-electron chi connectivity index (χ3n) is 3.23. The van der Waals surface area contributed by atoms with E-state index in [0.29, 0.717) is 12.1 Å². The standard InChI is InChI=1S/C16H20FN3O2/c1-2-3-15(21)11-18-16(22)10-13-8-9-20(19-13)14-6-4-12(17)5-7-14/h4-9,15,21H,2-3,10-11H2,1H3,(H,18,22). The predicted octanol–water partition coefficient (Wildman–Crippen LogP) is 1.83. The fraction of sp³-hybridized carbons (Fsp3) is 0.375. The van der Waals surface area contributed by atoms with Gasteiger partial charge in [-0.1, -0.05) is 13.3 Å². The smallest absolute Gasteiger partial charge is 0.226 e. The third kappa shape index (κ3) is 4.66. The molecule has 0 radical (unpaired) electrons. The molecule has 1 amide bonds. The molecule has 0 saturated carbocycles. The number of nitrogens with one attached hydrogen (secondary N) is 1. The molecule has 1 unspecified atom stereocenters. The number of benzene rings is 1. The molecule has 22 heavy (non-hydrogen) atoms. The second-order valence-corrected chi connectivity index (χ2v) is 5.15. The molecule has 1 heterocycles. The van der Waals surface area contributed by atoms with E-state index in [2.05, 4.69) is 10.4 Å². The van der Waals surface area contributed by atoms with Crippen LogP contribution in [-0.4, -0.2) is 33.4 Å². The van der Waals surface area contributed by atoms with Crippen LogP contribution in [0.1, 0.15) is 25.5 Å². The van der Waals surface area contributed by atoms with Gasteiger partial charge in [-0.05, 0) is 36.8 Å². The lowest BCUT2D eigenvalue weighted by Gasteiger charge is -2.10. The first-order valence-corrected chi connectivity index (χ1v) is 7.33. The van der Waals surface area contributed by atoms with E-state index < -0.39 is 6.10 Å². The van der Waals surface area contributed by atoms with Crippen molar-refractivity contribution in [2.45, 2.75) is 32.3 Å². The van der Waals surface area contributed by atoms with Crippen LogP contribution < -0.4 is 5.32 Å². The Morgan fingerprint density at radius 1 is 1.36 bits per heavy atom. The van der Waals surface area contributed by atoms with Crippen molar-refractivity contribution in [2.24, 2.45) is 0 Å². The predicted molar refractivity (Wildman–Crippen MR) is 81.2 cm³/mol. The fourth-order valence-electron chi connectivity index (χ4n) is 2.09. The molecule has 2 N–H and O–H groups in total. The minimum Gasteiger partial charge on any atom is -0.391 e. The molecule has 2 aromatic rings. The molecule has 0 bridgehead atoms. The van der Waals surface area contributed by atoms with E-state index in [1.165, 1.54) is 12.1 Å². The minimum absolute atomic E-state index is 0.146.